The predicted octanol–water partition coefficient (Wildman–Crippen LogP) is 1.94. The van der Waals surface area contributed by atoms with Gasteiger partial charge in [0.2, 0.25) is 0 Å². The summed E-state index contributed by atoms with van der Waals surface area (Å²) in [5.74, 6) is 1.13. The normalized spacial score (nSPS) is 10.7. The van der Waals surface area contributed by atoms with Crippen molar-refractivity contribution >= 4 is 16.7 Å². The first-order chi connectivity index (χ1) is 7.13. The summed E-state index contributed by atoms with van der Waals surface area (Å²) in [5.41, 5.74) is 1.93. The Bertz CT molecular complexity index is 527. The van der Waals surface area contributed by atoms with Crippen molar-refractivity contribution in [2.24, 2.45) is 5.84 Å². The zero-order valence-corrected chi connectivity index (χ0v) is 7.39. The first-order valence-corrected chi connectivity index (χ1v) is 4.04. The van der Waals surface area contributed by atoms with Gasteiger partial charge >= 0.3 is 0 Å². The van der Waals surface area contributed by atoms with Gasteiger partial charge in [-0.1, -0.05) is 0 Å². The number of aromatic nitrogens is 1. The molecule has 0 amide bonds. The molecule has 6 heteroatoms. The van der Waals surface area contributed by atoms with Gasteiger partial charge in [0.25, 0.3) is 0 Å². The number of fused-ring (bicyclic) bond motifs is 1. The van der Waals surface area contributed by atoms with E-state index in [9.17, 15) is 13.2 Å². The van der Waals surface area contributed by atoms with Crippen molar-refractivity contribution in [3.05, 3.63) is 35.7 Å². The van der Waals surface area contributed by atoms with Gasteiger partial charge in [0, 0.05) is 5.39 Å². The van der Waals surface area contributed by atoms with Gasteiger partial charge in [0.15, 0.2) is 17.5 Å². The van der Waals surface area contributed by atoms with Crippen molar-refractivity contribution in [1.29, 1.82) is 0 Å². The fraction of sp³-hybridized carbons (Fsp3) is 0. The highest BCUT2D eigenvalue weighted by molar-refractivity contribution is 5.81. The number of anilines is 1. The van der Waals surface area contributed by atoms with E-state index in [1.54, 1.807) is 0 Å². The number of rotatable bonds is 1. The zero-order chi connectivity index (χ0) is 11.0. The molecule has 78 valence electrons. The number of nitrogens with two attached hydrogens (primary N) is 1. The minimum absolute atomic E-state index is 0.172. The summed E-state index contributed by atoms with van der Waals surface area (Å²) in [4.78, 5) is 3.68. The van der Waals surface area contributed by atoms with Crippen LogP contribution < -0.4 is 11.3 Å². The molecular formula is C9H6F3N3. The number of nitrogen functional groups attached to an aromatic ring is 1. The van der Waals surface area contributed by atoms with E-state index in [-0.39, 0.29) is 16.7 Å². The number of hydrogen-bond acceptors (Lipinski definition) is 3. The van der Waals surface area contributed by atoms with Gasteiger partial charge in [0.05, 0.1) is 0 Å². The molecule has 0 bridgehead atoms. The smallest absolute Gasteiger partial charge is 0.196 e. The van der Waals surface area contributed by atoms with Crippen LogP contribution >= 0.6 is 0 Å². The predicted molar refractivity (Wildman–Crippen MR) is 49.4 cm³/mol. The molecule has 0 unspecified atom stereocenters. The second-order valence-corrected chi connectivity index (χ2v) is 2.90. The number of halogens is 3. The minimum atomic E-state index is -1.54. The maximum Gasteiger partial charge on any atom is 0.196 e. The topological polar surface area (TPSA) is 50.9 Å². The van der Waals surface area contributed by atoms with Gasteiger partial charge < -0.3 is 5.43 Å². The molecule has 0 saturated heterocycles. The van der Waals surface area contributed by atoms with Gasteiger partial charge in [0.1, 0.15) is 11.3 Å². The van der Waals surface area contributed by atoms with E-state index in [1.807, 2.05) is 0 Å². The molecule has 0 aliphatic rings. The molecule has 3 N–H and O–H groups in total. The Morgan fingerprint density at radius 1 is 1.13 bits per heavy atom. The number of nitrogens with zero attached hydrogens (tertiary/aromatic N) is 1. The van der Waals surface area contributed by atoms with Crippen molar-refractivity contribution < 1.29 is 13.2 Å². The summed E-state index contributed by atoms with van der Waals surface area (Å²) in [7, 11) is 0. The third-order valence-corrected chi connectivity index (χ3v) is 1.97. The lowest BCUT2D eigenvalue weighted by atomic mass is 10.2. The van der Waals surface area contributed by atoms with Crippen LogP contribution in [0.5, 0.6) is 0 Å². The maximum atomic E-state index is 13.2. The molecule has 0 spiro atoms. The molecule has 15 heavy (non-hydrogen) atoms. The van der Waals surface area contributed by atoms with Crippen LogP contribution in [-0.4, -0.2) is 4.98 Å². The third-order valence-electron chi connectivity index (χ3n) is 1.97. The summed E-state index contributed by atoms with van der Waals surface area (Å²) >= 11 is 0. The molecule has 0 fully saturated rings. The largest absolute Gasteiger partial charge is 0.308 e. The van der Waals surface area contributed by atoms with Crippen LogP contribution in [-0.2, 0) is 0 Å². The van der Waals surface area contributed by atoms with E-state index in [4.69, 9.17) is 5.84 Å². The van der Waals surface area contributed by atoms with Crippen LogP contribution in [0.4, 0.5) is 19.0 Å². The maximum absolute atomic E-state index is 13.2. The van der Waals surface area contributed by atoms with Crippen molar-refractivity contribution in [2.75, 3.05) is 5.43 Å². The standard InChI is InChI=1S/C9H6F3N3/c10-5-3-4-1-2-6(15-13)14-9(4)8(12)7(5)11/h1-3H,13H2,(H,14,15). The quantitative estimate of drug-likeness (QED) is 0.432. The Hall–Kier alpha value is -1.82. The van der Waals surface area contributed by atoms with Crippen molar-refractivity contribution in [3.8, 4) is 0 Å². The summed E-state index contributed by atoms with van der Waals surface area (Å²) < 4.78 is 38.9. The van der Waals surface area contributed by atoms with Gasteiger partial charge in [-0.3, -0.25) is 0 Å². The second-order valence-electron chi connectivity index (χ2n) is 2.90. The molecule has 0 saturated carbocycles. The second kappa shape index (κ2) is 3.39. The highest BCUT2D eigenvalue weighted by Crippen LogP contribution is 2.22. The Balaban J connectivity index is 2.81. The van der Waals surface area contributed by atoms with Crippen LogP contribution in [0.25, 0.3) is 10.9 Å². The molecule has 0 aliphatic heterocycles. The van der Waals surface area contributed by atoms with Crippen LogP contribution in [0.2, 0.25) is 0 Å². The van der Waals surface area contributed by atoms with Gasteiger partial charge in [-0.15, -0.1) is 0 Å². The fourth-order valence-corrected chi connectivity index (χ4v) is 1.25. The van der Waals surface area contributed by atoms with E-state index < -0.39 is 17.5 Å². The summed E-state index contributed by atoms with van der Waals surface area (Å²) in [6.45, 7) is 0. The van der Waals surface area contributed by atoms with E-state index in [2.05, 4.69) is 10.4 Å². The van der Waals surface area contributed by atoms with Crippen molar-refractivity contribution in [1.82, 2.24) is 4.98 Å². The summed E-state index contributed by atoms with van der Waals surface area (Å²) in [6, 6.07) is 3.70. The first kappa shape index (κ1) is 9.72. The molecular weight excluding hydrogens is 207 g/mol. The molecule has 0 atom stereocenters. The number of benzene rings is 1. The highest BCUT2D eigenvalue weighted by Gasteiger charge is 2.14. The Kier molecular flexibility index (Phi) is 2.20. The van der Waals surface area contributed by atoms with Crippen LogP contribution in [0.3, 0.4) is 0 Å². The van der Waals surface area contributed by atoms with Crippen molar-refractivity contribution in [2.45, 2.75) is 0 Å². The molecule has 1 aromatic carbocycles. The van der Waals surface area contributed by atoms with Crippen LogP contribution in [0.1, 0.15) is 0 Å². The van der Waals surface area contributed by atoms with Gasteiger partial charge in [-0.05, 0) is 18.2 Å². The van der Waals surface area contributed by atoms with E-state index in [0.29, 0.717) is 0 Å². The number of hydrazine groups is 1. The van der Waals surface area contributed by atoms with Gasteiger partial charge in [-0.2, -0.15) is 0 Å². The van der Waals surface area contributed by atoms with E-state index in [0.717, 1.165) is 6.07 Å². The fourth-order valence-electron chi connectivity index (χ4n) is 1.25. The summed E-state index contributed by atoms with van der Waals surface area (Å²) in [5, 5.41) is 0.172. The molecule has 1 heterocycles. The van der Waals surface area contributed by atoms with E-state index in [1.165, 1.54) is 12.1 Å². The molecule has 2 aromatic rings. The monoisotopic (exact) mass is 213 g/mol. The SMILES string of the molecule is NNc1ccc2cc(F)c(F)c(F)c2n1. The average Bonchev–Trinajstić information content (AvgIpc) is 2.26. The molecule has 3 nitrogen and oxygen atoms in total. The number of nitrogens with one attached hydrogen (secondary N) is 1. The Morgan fingerprint density at radius 3 is 2.53 bits per heavy atom. The minimum Gasteiger partial charge on any atom is -0.308 e. The third kappa shape index (κ3) is 1.48. The summed E-state index contributed by atoms with van der Waals surface area (Å²) in [6.07, 6.45) is 0. The lowest BCUT2D eigenvalue weighted by Gasteiger charge is -2.03. The van der Waals surface area contributed by atoms with Crippen LogP contribution in [0, 0.1) is 17.5 Å². The van der Waals surface area contributed by atoms with Gasteiger partial charge in [-0.25, -0.2) is 24.0 Å². The zero-order valence-electron chi connectivity index (χ0n) is 7.39. The lowest BCUT2D eigenvalue weighted by molar-refractivity contribution is 0.452. The average molecular weight is 213 g/mol. The number of hydrogen-bond donors (Lipinski definition) is 2. The first-order valence-electron chi connectivity index (χ1n) is 4.04. The molecule has 2 rings (SSSR count). The number of pyridine rings is 1. The van der Waals surface area contributed by atoms with E-state index >= 15 is 0 Å². The molecule has 0 aliphatic carbocycles. The highest BCUT2D eigenvalue weighted by atomic mass is 19.2. The van der Waals surface area contributed by atoms with Crippen molar-refractivity contribution in [3.63, 3.8) is 0 Å². The Labute approximate surface area is 82.7 Å². The lowest BCUT2D eigenvalue weighted by Crippen LogP contribution is -2.08. The molecule has 0 radical (unpaired) electrons. The van der Waals surface area contributed by atoms with Crippen LogP contribution in [0.15, 0.2) is 18.2 Å². The molecule has 1 aromatic heterocycles. The Morgan fingerprint density at radius 2 is 1.87 bits per heavy atom.